The number of ether oxygens (including phenoxy) is 4. The van der Waals surface area contributed by atoms with Crippen molar-refractivity contribution in [2.75, 3.05) is 39.6 Å². The molecule has 5 atom stereocenters. The summed E-state index contributed by atoms with van der Waals surface area (Å²) in [5.41, 5.74) is 0. The molecule has 100 heavy (non-hydrogen) atoms. The second-order valence-electron chi connectivity index (χ2n) is 25.2. The summed E-state index contributed by atoms with van der Waals surface area (Å²) in [7, 11) is -9.98. The standard InChI is InChI=1S/C81H136O17P2/c1-5-9-13-17-21-25-29-32-35-37-40-43-47-50-54-58-62-66-79(84)92-72-77(98-81(86)68-64-60-56-52-48-44-41-38-36-33-30-26-22-18-14-10-6-2)74-96-100(89,90)94-70-75(82)69-93-99(87,88)95-73-76(97-80(85)67-63-59-55-51-45-28-24-20-16-12-8-4)71-91-78(83)65-61-57-53-49-46-42-39-34-31-27-23-19-15-11-7-3/h9-10,13-14,20-22,24-26,32-36,39-41,43-44,50,54,75-77,82H,5-8,11-12,15-19,23,27-31,37-38,42,45-49,51-53,55-74H2,1-4H3,(H,87,88)(H,89,90)/b13-9-,14-10-,24-20-,25-21-,26-22-,35-32-,36-33-,39-34-,43-40-,44-41-,54-50-. The predicted molar refractivity (Wildman–Crippen MR) is 408 cm³/mol. The Morgan fingerprint density at radius 2 is 0.540 bits per heavy atom. The average Bonchev–Trinajstić information content (AvgIpc) is 1.00. The van der Waals surface area contributed by atoms with Crippen molar-refractivity contribution in [2.24, 2.45) is 0 Å². The van der Waals surface area contributed by atoms with Crippen molar-refractivity contribution in [2.45, 2.75) is 316 Å². The fraction of sp³-hybridized carbons (Fsp3) is 0.679. The van der Waals surface area contributed by atoms with Crippen molar-refractivity contribution in [1.29, 1.82) is 0 Å². The summed E-state index contributed by atoms with van der Waals surface area (Å²) in [5, 5.41) is 10.6. The summed E-state index contributed by atoms with van der Waals surface area (Å²) in [6.07, 6.45) is 80.2. The summed E-state index contributed by atoms with van der Waals surface area (Å²) < 4.78 is 68.4. The number of carbonyl (C=O) groups is 4. The van der Waals surface area contributed by atoms with Crippen molar-refractivity contribution in [3.05, 3.63) is 134 Å². The average molecular weight is 1440 g/mol. The van der Waals surface area contributed by atoms with Gasteiger partial charge in [0.2, 0.25) is 0 Å². The van der Waals surface area contributed by atoms with Crippen molar-refractivity contribution in [3.8, 4) is 0 Å². The molecule has 0 rings (SSSR count). The lowest BCUT2D eigenvalue weighted by molar-refractivity contribution is -0.161. The molecule has 0 heterocycles. The first-order valence-corrected chi connectivity index (χ1v) is 41.4. The first-order chi connectivity index (χ1) is 48.7. The molecule has 0 amide bonds. The third-order valence-corrected chi connectivity index (χ3v) is 17.5. The van der Waals surface area contributed by atoms with Gasteiger partial charge in [0.15, 0.2) is 12.2 Å². The second-order valence-corrected chi connectivity index (χ2v) is 28.1. The van der Waals surface area contributed by atoms with E-state index in [9.17, 15) is 43.2 Å². The number of esters is 4. The summed E-state index contributed by atoms with van der Waals surface area (Å²) >= 11 is 0. The second kappa shape index (κ2) is 72.5. The zero-order valence-electron chi connectivity index (χ0n) is 62.3. The molecule has 0 saturated carbocycles. The highest BCUT2D eigenvalue weighted by Crippen LogP contribution is 2.45. The molecule has 0 saturated heterocycles. The third-order valence-electron chi connectivity index (χ3n) is 15.6. The van der Waals surface area contributed by atoms with E-state index in [1.807, 2.05) is 12.2 Å². The molecular formula is C81H136O17P2. The van der Waals surface area contributed by atoms with Crippen LogP contribution >= 0.6 is 15.6 Å². The van der Waals surface area contributed by atoms with Crippen LogP contribution in [0.15, 0.2) is 134 Å². The van der Waals surface area contributed by atoms with Crippen LogP contribution in [0.25, 0.3) is 0 Å². The van der Waals surface area contributed by atoms with Gasteiger partial charge in [0.1, 0.15) is 19.3 Å². The van der Waals surface area contributed by atoms with Gasteiger partial charge in [-0.05, 0) is 148 Å². The van der Waals surface area contributed by atoms with E-state index in [0.29, 0.717) is 32.1 Å². The van der Waals surface area contributed by atoms with Crippen LogP contribution in [0.5, 0.6) is 0 Å². The van der Waals surface area contributed by atoms with Crippen LogP contribution in [0.3, 0.4) is 0 Å². The number of aliphatic hydroxyl groups is 1. The minimum absolute atomic E-state index is 0.0507. The van der Waals surface area contributed by atoms with Crippen LogP contribution in [0, 0.1) is 0 Å². The maximum atomic E-state index is 13.1. The van der Waals surface area contributed by atoms with Gasteiger partial charge < -0.3 is 33.8 Å². The summed E-state index contributed by atoms with van der Waals surface area (Å²) in [5.74, 6) is -2.29. The van der Waals surface area contributed by atoms with Crippen LogP contribution in [0.2, 0.25) is 0 Å². The van der Waals surface area contributed by atoms with Gasteiger partial charge in [-0.15, -0.1) is 0 Å². The lowest BCUT2D eigenvalue weighted by Gasteiger charge is -2.21. The van der Waals surface area contributed by atoms with Crippen LogP contribution in [0.4, 0.5) is 0 Å². The first kappa shape index (κ1) is 95.2. The highest BCUT2D eigenvalue weighted by atomic mass is 31.2. The van der Waals surface area contributed by atoms with Crippen molar-refractivity contribution < 1.29 is 80.2 Å². The molecule has 3 N–H and O–H groups in total. The molecular weight excluding hydrogens is 1310 g/mol. The van der Waals surface area contributed by atoms with E-state index in [4.69, 9.17) is 37.0 Å². The van der Waals surface area contributed by atoms with E-state index in [-0.39, 0.29) is 25.7 Å². The zero-order chi connectivity index (χ0) is 73.2. The smallest absolute Gasteiger partial charge is 0.462 e. The van der Waals surface area contributed by atoms with Gasteiger partial charge in [-0.25, -0.2) is 9.13 Å². The number of allylic oxidation sites excluding steroid dienone is 22. The number of rotatable bonds is 71. The summed E-state index contributed by atoms with van der Waals surface area (Å²) in [6.45, 7) is 4.48. The number of hydrogen-bond acceptors (Lipinski definition) is 15. The quantitative estimate of drug-likeness (QED) is 0.0169. The van der Waals surface area contributed by atoms with E-state index in [2.05, 4.69) is 149 Å². The molecule has 0 aromatic heterocycles. The lowest BCUT2D eigenvalue weighted by atomic mass is 10.1. The van der Waals surface area contributed by atoms with Crippen LogP contribution in [-0.4, -0.2) is 96.7 Å². The number of carbonyl (C=O) groups excluding carboxylic acids is 4. The molecule has 0 spiro atoms. The zero-order valence-corrected chi connectivity index (χ0v) is 64.1. The number of unbranched alkanes of at least 4 members (excludes halogenated alkanes) is 23. The molecule has 17 nitrogen and oxygen atoms in total. The molecule has 0 aliphatic carbocycles. The Labute approximate surface area is 605 Å². The number of phosphoric ester groups is 2. The molecule has 0 fully saturated rings. The van der Waals surface area contributed by atoms with Crippen LogP contribution in [0.1, 0.15) is 297 Å². The monoisotopic (exact) mass is 1440 g/mol. The van der Waals surface area contributed by atoms with Gasteiger partial charge in [-0.3, -0.25) is 37.3 Å². The van der Waals surface area contributed by atoms with Crippen molar-refractivity contribution >= 4 is 39.5 Å². The topological polar surface area (TPSA) is 237 Å². The fourth-order valence-electron chi connectivity index (χ4n) is 9.75. The molecule has 0 aromatic rings. The Balaban J connectivity index is 5.42. The predicted octanol–water partition coefficient (Wildman–Crippen LogP) is 22.1. The van der Waals surface area contributed by atoms with Crippen molar-refractivity contribution in [3.63, 3.8) is 0 Å². The van der Waals surface area contributed by atoms with E-state index in [1.165, 1.54) is 51.4 Å². The lowest BCUT2D eigenvalue weighted by Crippen LogP contribution is -2.30. The third kappa shape index (κ3) is 71.6. The Kier molecular flexibility index (Phi) is 69.1. The van der Waals surface area contributed by atoms with Gasteiger partial charge in [-0.1, -0.05) is 258 Å². The van der Waals surface area contributed by atoms with E-state index in [0.717, 1.165) is 161 Å². The van der Waals surface area contributed by atoms with Gasteiger partial charge in [0.05, 0.1) is 26.4 Å². The SMILES string of the molecule is CC/C=C\C/C=C\C/C=C\C/C=C\C/C=C\CCCC(=O)OCC(COP(=O)(O)OCC(O)COP(=O)(O)OCC(COC(=O)CCCCCCC/C=C\CCCCCCCC)OC(=O)CCCCCCC/C=C\CCCC)OC(=O)CCCCCC/C=C\C/C=C\C/C=C\C/C=C\CC. The Morgan fingerprint density at radius 3 is 0.880 bits per heavy atom. The Morgan fingerprint density at radius 1 is 0.290 bits per heavy atom. The van der Waals surface area contributed by atoms with Crippen LogP contribution in [-0.2, 0) is 65.4 Å². The molecule has 19 heteroatoms. The molecule has 572 valence electrons. The Bertz CT molecular complexity index is 2420. The number of hydrogen-bond donors (Lipinski definition) is 3. The highest BCUT2D eigenvalue weighted by Gasteiger charge is 2.30. The maximum Gasteiger partial charge on any atom is 0.472 e. The molecule has 5 unspecified atom stereocenters. The minimum Gasteiger partial charge on any atom is -0.462 e. The summed E-state index contributed by atoms with van der Waals surface area (Å²) in [4.78, 5) is 72.8. The summed E-state index contributed by atoms with van der Waals surface area (Å²) in [6, 6.07) is 0. The van der Waals surface area contributed by atoms with Crippen molar-refractivity contribution in [1.82, 2.24) is 0 Å². The molecule has 0 aliphatic rings. The van der Waals surface area contributed by atoms with E-state index >= 15 is 0 Å². The van der Waals surface area contributed by atoms with E-state index < -0.39 is 97.5 Å². The first-order valence-electron chi connectivity index (χ1n) is 38.4. The van der Waals surface area contributed by atoms with Crippen LogP contribution < -0.4 is 0 Å². The number of phosphoric acid groups is 2. The molecule has 0 aromatic carbocycles. The maximum absolute atomic E-state index is 13.1. The highest BCUT2D eigenvalue weighted by molar-refractivity contribution is 7.47. The minimum atomic E-state index is -5.00. The molecule has 0 radical (unpaired) electrons. The number of aliphatic hydroxyl groups excluding tert-OH is 1. The Hall–Kier alpha value is -4.80. The normalized spacial score (nSPS) is 14.7. The van der Waals surface area contributed by atoms with Gasteiger partial charge in [-0.2, -0.15) is 0 Å². The van der Waals surface area contributed by atoms with E-state index in [1.54, 1.807) is 0 Å². The molecule has 0 bridgehead atoms. The van der Waals surface area contributed by atoms with Gasteiger partial charge in [0.25, 0.3) is 0 Å². The molecule has 0 aliphatic heterocycles. The van der Waals surface area contributed by atoms with Gasteiger partial charge >= 0.3 is 39.5 Å². The largest absolute Gasteiger partial charge is 0.472 e. The fourth-order valence-corrected chi connectivity index (χ4v) is 11.3. The van der Waals surface area contributed by atoms with Gasteiger partial charge in [0, 0.05) is 25.7 Å².